The zero-order valence-electron chi connectivity index (χ0n) is 18.4. The van der Waals surface area contributed by atoms with Gasteiger partial charge in [0, 0.05) is 24.6 Å². The molecule has 164 valence electrons. The molecule has 0 bridgehead atoms. The number of nitrogens with zero attached hydrogens (tertiary/aromatic N) is 2. The standard InChI is InChI=1S/C26H27N3O3/c1-19-7-5-8-20(17-19)26(30)27-14-13-25-28-23-11-3-4-12-24(23)29(25)15-16-32-22-10-6-9-21(18-22)31-2/h3-12,17-18H,13-16H2,1-2H3,(H,27,30). The summed E-state index contributed by atoms with van der Waals surface area (Å²) < 4.78 is 13.4. The maximum Gasteiger partial charge on any atom is 0.251 e. The summed E-state index contributed by atoms with van der Waals surface area (Å²) in [7, 11) is 1.64. The molecule has 1 heterocycles. The van der Waals surface area contributed by atoms with E-state index >= 15 is 0 Å². The Morgan fingerprint density at radius 3 is 2.66 bits per heavy atom. The molecule has 4 rings (SSSR count). The highest BCUT2D eigenvalue weighted by molar-refractivity contribution is 5.94. The molecule has 0 aliphatic carbocycles. The second-order valence-corrected chi connectivity index (χ2v) is 7.57. The van der Waals surface area contributed by atoms with Crippen molar-refractivity contribution in [3.8, 4) is 11.5 Å². The monoisotopic (exact) mass is 429 g/mol. The lowest BCUT2D eigenvalue weighted by molar-refractivity contribution is 0.0953. The van der Waals surface area contributed by atoms with Gasteiger partial charge >= 0.3 is 0 Å². The van der Waals surface area contributed by atoms with Crippen molar-refractivity contribution in [2.75, 3.05) is 20.3 Å². The minimum Gasteiger partial charge on any atom is -0.497 e. The van der Waals surface area contributed by atoms with E-state index in [1.165, 1.54) is 0 Å². The molecule has 0 saturated heterocycles. The molecule has 0 atom stereocenters. The summed E-state index contributed by atoms with van der Waals surface area (Å²) in [6.45, 7) is 3.63. The summed E-state index contributed by atoms with van der Waals surface area (Å²) in [5.74, 6) is 2.38. The highest BCUT2D eigenvalue weighted by atomic mass is 16.5. The average Bonchev–Trinajstić information content (AvgIpc) is 3.16. The van der Waals surface area contributed by atoms with Crippen LogP contribution in [0.15, 0.2) is 72.8 Å². The van der Waals surface area contributed by atoms with Crippen molar-refractivity contribution in [2.45, 2.75) is 19.9 Å². The molecule has 6 nitrogen and oxygen atoms in total. The predicted octanol–water partition coefficient (Wildman–Crippen LogP) is 4.40. The molecule has 0 fully saturated rings. The minimum atomic E-state index is -0.0716. The van der Waals surface area contributed by atoms with Crippen molar-refractivity contribution < 1.29 is 14.3 Å². The average molecular weight is 430 g/mol. The zero-order chi connectivity index (χ0) is 22.3. The van der Waals surface area contributed by atoms with Crippen molar-refractivity contribution in [1.29, 1.82) is 0 Å². The molecule has 1 N–H and O–H groups in total. The van der Waals surface area contributed by atoms with Gasteiger partial charge in [-0.05, 0) is 43.3 Å². The summed E-state index contributed by atoms with van der Waals surface area (Å²) in [5, 5.41) is 3.00. The maximum atomic E-state index is 12.5. The number of aryl methyl sites for hydroxylation is 1. The van der Waals surface area contributed by atoms with Crippen LogP contribution in [0.25, 0.3) is 11.0 Å². The normalized spacial score (nSPS) is 10.8. The minimum absolute atomic E-state index is 0.0716. The molecule has 0 aliphatic heterocycles. The Bertz CT molecular complexity index is 1220. The van der Waals surface area contributed by atoms with Gasteiger partial charge in [0.2, 0.25) is 0 Å². The molecular weight excluding hydrogens is 402 g/mol. The van der Waals surface area contributed by atoms with E-state index < -0.39 is 0 Å². The topological polar surface area (TPSA) is 65.4 Å². The van der Waals surface area contributed by atoms with Crippen LogP contribution < -0.4 is 14.8 Å². The van der Waals surface area contributed by atoms with Crippen LogP contribution in [0, 0.1) is 6.92 Å². The molecule has 4 aromatic rings. The van der Waals surface area contributed by atoms with Crippen LogP contribution >= 0.6 is 0 Å². The fraction of sp³-hybridized carbons (Fsp3) is 0.231. The molecular formula is C26H27N3O3. The quantitative estimate of drug-likeness (QED) is 0.428. The van der Waals surface area contributed by atoms with E-state index in [0.717, 1.165) is 33.9 Å². The molecule has 0 saturated carbocycles. The van der Waals surface area contributed by atoms with Crippen molar-refractivity contribution in [3.63, 3.8) is 0 Å². The number of amides is 1. The summed E-state index contributed by atoms with van der Waals surface area (Å²) in [6, 6.07) is 23.2. The Labute approximate surface area is 187 Å². The number of nitrogens with one attached hydrogen (secondary N) is 1. The van der Waals surface area contributed by atoms with Gasteiger partial charge in [-0.2, -0.15) is 0 Å². The first-order valence-electron chi connectivity index (χ1n) is 10.7. The van der Waals surface area contributed by atoms with Crippen LogP contribution in [0.2, 0.25) is 0 Å². The lowest BCUT2D eigenvalue weighted by Gasteiger charge is -2.12. The fourth-order valence-corrected chi connectivity index (χ4v) is 3.69. The van der Waals surface area contributed by atoms with Crippen LogP contribution in [0.5, 0.6) is 11.5 Å². The third-order valence-corrected chi connectivity index (χ3v) is 5.27. The lowest BCUT2D eigenvalue weighted by Crippen LogP contribution is -2.26. The number of fused-ring (bicyclic) bond motifs is 1. The van der Waals surface area contributed by atoms with Crippen molar-refractivity contribution in [2.24, 2.45) is 0 Å². The van der Waals surface area contributed by atoms with Crippen LogP contribution in [-0.4, -0.2) is 35.7 Å². The van der Waals surface area contributed by atoms with Gasteiger partial charge in [0.25, 0.3) is 5.91 Å². The number of para-hydroxylation sites is 2. The van der Waals surface area contributed by atoms with Crippen LogP contribution in [0.1, 0.15) is 21.7 Å². The van der Waals surface area contributed by atoms with Crippen molar-refractivity contribution in [3.05, 3.63) is 89.7 Å². The van der Waals surface area contributed by atoms with Gasteiger partial charge in [-0.25, -0.2) is 4.98 Å². The summed E-state index contributed by atoms with van der Waals surface area (Å²) >= 11 is 0. The number of hydrogen-bond donors (Lipinski definition) is 1. The zero-order valence-corrected chi connectivity index (χ0v) is 18.4. The van der Waals surface area contributed by atoms with Gasteiger partial charge in [-0.3, -0.25) is 4.79 Å². The third-order valence-electron chi connectivity index (χ3n) is 5.27. The van der Waals surface area contributed by atoms with Crippen LogP contribution in [-0.2, 0) is 13.0 Å². The van der Waals surface area contributed by atoms with Gasteiger partial charge in [-0.15, -0.1) is 0 Å². The van der Waals surface area contributed by atoms with E-state index in [2.05, 4.69) is 16.0 Å². The fourth-order valence-electron chi connectivity index (χ4n) is 3.69. The lowest BCUT2D eigenvalue weighted by atomic mass is 10.1. The van der Waals surface area contributed by atoms with E-state index in [1.807, 2.05) is 73.7 Å². The molecule has 6 heteroatoms. The van der Waals surface area contributed by atoms with E-state index in [0.29, 0.717) is 31.7 Å². The molecule has 0 aliphatic rings. The number of carbonyl (C=O) groups excluding carboxylic acids is 1. The first-order valence-corrected chi connectivity index (χ1v) is 10.7. The summed E-state index contributed by atoms with van der Waals surface area (Å²) in [5.41, 5.74) is 3.73. The Balaban J connectivity index is 1.42. The molecule has 32 heavy (non-hydrogen) atoms. The highest BCUT2D eigenvalue weighted by Gasteiger charge is 2.12. The number of imidazole rings is 1. The highest BCUT2D eigenvalue weighted by Crippen LogP contribution is 2.20. The number of ether oxygens (including phenoxy) is 2. The molecule has 3 aromatic carbocycles. The first-order chi connectivity index (χ1) is 15.6. The Hall–Kier alpha value is -3.80. The maximum absolute atomic E-state index is 12.5. The van der Waals surface area contributed by atoms with Gasteiger partial charge in [0.1, 0.15) is 23.9 Å². The largest absolute Gasteiger partial charge is 0.497 e. The van der Waals surface area contributed by atoms with Gasteiger partial charge in [0.15, 0.2) is 0 Å². The number of benzene rings is 3. The van der Waals surface area contributed by atoms with Crippen molar-refractivity contribution in [1.82, 2.24) is 14.9 Å². The molecule has 0 radical (unpaired) electrons. The summed E-state index contributed by atoms with van der Waals surface area (Å²) in [6.07, 6.45) is 0.630. The van der Waals surface area contributed by atoms with E-state index in [4.69, 9.17) is 14.5 Å². The summed E-state index contributed by atoms with van der Waals surface area (Å²) in [4.78, 5) is 17.2. The molecule has 1 amide bonds. The predicted molar refractivity (Wildman–Crippen MR) is 125 cm³/mol. The van der Waals surface area contributed by atoms with E-state index in [9.17, 15) is 4.79 Å². The number of hydrogen-bond acceptors (Lipinski definition) is 4. The molecule has 0 unspecified atom stereocenters. The molecule has 1 aromatic heterocycles. The molecule has 0 spiro atoms. The number of carbonyl (C=O) groups is 1. The second-order valence-electron chi connectivity index (χ2n) is 7.57. The van der Waals surface area contributed by atoms with Crippen LogP contribution in [0.3, 0.4) is 0 Å². The van der Waals surface area contributed by atoms with E-state index in [-0.39, 0.29) is 5.91 Å². The van der Waals surface area contributed by atoms with E-state index in [1.54, 1.807) is 7.11 Å². The smallest absolute Gasteiger partial charge is 0.251 e. The Morgan fingerprint density at radius 1 is 1.00 bits per heavy atom. The third kappa shape index (κ3) is 5.09. The number of rotatable bonds is 9. The SMILES string of the molecule is COc1cccc(OCCn2c(CCNC(=O)c3cccc(C)c3)nc3ccccc32)c1. The van der Waals surface area contributed by atoms with Gasteiger partial charge in [0.05, 0.1) is 24.7 Å². The van der Waals surface area contributed by atoms with Crippen LogP contribution in [0.4, 0.5) is 0 Å². The first kappa shape index (κ1) is 21.4. The van der Waals surface area contributed by atoms with Gasteiger partial charge < -0.3 is 19.4 Å². The Kier molecular flexibility index (Phi) is 6.70. The number of aromatic nitrogens is 2. The van der Waals surface area contributed by atoms with Crippen molar-refractivity contribution >= 4 is 16.9 Å². The second kappa shape index (κ2) is 10.0. The van der Waals surface area contributed by atoms with Gasteiger partial charge in [-0.1, -0.05) is 35.9 Å². The number of methoxy groups -OCH3 is 1. The Morgan fingerprint density at radius 2 is 1.81 bits per heavy atom.